The van der Waals surface area contributed by atoms with Gasteiger partial charge in [-0.05, 0) is 6.42 Å². The Hall–Kier alpha value is -0.440. The predicted molar refractivity (Wildman–Crippen MR) is 39.3 cm³/mol. The van der Waals surface area contributed by atoms with Crippen molar-refractivity contribution in [1.82, 2.24) is 0 Å². The van der Waals surface area contributed by atoms with E-state index in [4.69, 9.17) is 0 Å². The van der Waals surface area contributed by atoms with Crippen molar-refractivity contribution in [2.75, 3.05) is 27.2 Å². The number of hydrogen-bond donors (Lipinski definition) is 0. The highest BCUT2D eigenvalue weighted by Crippen LogP contribution is 2.10. The van der Waals surface area contributed by atoms with E-state index in [0.29, 0.717) is 11.1 Å². The summed E-state index contributed by atoms with van der Waals surface area (Å²) in [5, 5.41) is 0. The van der Waals surface area contributed by atoms with E-state index < -0.39 is 0 Å². The average Bonchev–Trinajstić information content (AvgIpc) is 1.96. The Kier molecular flexibility index (Phi) is 2.04. The lowest BCUT2D eigenvalue weighted by Crippen LogP contribution is -2.47. The van der Waals surface area contributed by atoms with Crippen molar-refractivity contribution in [3.63, 3.8) is 0 Å². The lowest BCUT2D eigenvalue weighted by atomic mass is 10.2. The van der Waals surface area contributed by atoms with E-state index in [1.807, 2.05) is 14.1 Å². The van der Waals surface area contributed by atoms with Gasteiger partial charge in [-0.2, -0.15) is 0 Å². The first-order valence-electron chi connectivity index (χ1n) is 3.91. The molecule has 0 saturated carbocycles. The first-order valence-corrected chi connectivity index (χ1v) is 3.91. The molecule has 3 heteroatoms. The highest BCUT2D eigenvalue weighted by atomic mass is 16.3. The third-order valence-electron chi connectivity index (χ3n) is 2.16. The Bertz CT molecular complexity index is 143. The van der Waals surface area contributed by atoms with Gasteiger partial charge < -0.3 is 0 Å². The number of hydrogen-bond acceptors (Lipinski definition) is 1. The molecule has 1 rings (SSSR count). The van der Waals surface area contributed by atoms with Gasteiger partial charge in [0.15, 0.2) is 4.87 Å². The molecule has 0 aromatic rings. The molecule has 0 bridgehead atoms. The topological polar surface area (TPSA) is 20.1 Å². The summed E-state index contributed by atoms with van der Waals surface area (Å²) in [6, 6.07) is 0. The van der Waals surface area contributed by atoms with E-state index >= 15 is 0 Å². The van der Waals surface area contributed by atoms with E-state index in [9.17, 15) is 4.91 Å². The highest BCUT2D eigenvalue weighted by Gasteiger charge is 2.33. The lowest BCUT2D eigenvalue weighted by Gasteiger charge is -2.14. The second-order valence-electron chi connectivity index (χ2n) is 3.48. The van der Waals surface area contributed by atoms with E-state index in [1.54, 1.807) is 0 Å². The van der Waals surface area contributed by atoms with Crippen molar-refractivity contribution < 1.29 is 9.46 Å². The fourth-order valence-corrected chi connectivity index (χ4v) is 1.30. The third kappa shape index (κ3) is 1.53. The van der Waals surface area contributed by atoms with Gasteiger partial charge in [0, 0.05) is 12.8 Å². The Labute approximate surface area is 61.8 Å². The SMILES string of the molecule is C[N+]1(C)CCCCC[N+]1=O. The monoisotopic (exact) mass is 144 g/mol. The fraction of sp³-hybridized carbons (Fsp3) is 1.00. The second kappa shape index (κ2) is 2.66. The molecule has 0 radical (unpaired) electrons. The van der Waals surface area contributed by atoms with Crippen LogP contribution in [0.25, 0.3) is 0 Å². The van der Waals surface area contributed by atoms with Crippen molar-refractivity contribution in [3.05, 3.63) is 4.91 Å². The van der Waals surface area contributed by atoms with E-state index in [2.05, 4.69) is 0 Å². The van der Waals surface area contributed by atoms with Crippen LogP contribution in [0, 0.1) is 4.91 Å². The van der Waals surface area contributed by atoms with Gasteiger partial charge in [0.05, 0.1) is 4.91 Å². The van der Waals surface area contributed by atoms with Crippen LogP contribution in [-0.4, -0.2) is 36.6 Å². The molecular weight excluding hydrogens is 128 g/mol. The van der Waals surface area contributed by atoms with E-state index in [1.165, 1.54) is 17.7 Å². The van der Waals surface area contributed by atoms with Crippen LogP contribution in [0.15, 0.2) is 0 Å². The Morgan fingerprint density at radius 1 is 1.20 bits per heavy atom. The van der Waals surface area contributed by atoms with Gasteiger partial charge in [0.25, 0.3) is 6.54 Å². The largest absolute Gasteiger partial charge is 0.254 e. The van der Waals surface area contributed by atoms with Crippen LogP contribution in [0.5, 0.6) is 0 Å². The van der Waals surface area contributed by atoms with Gasteiger partial charge in [0.1, 0.15) is 20.6 Å². The number of nitrogens with zero attached hydrogens (tertiary/aromatic N) is 2. The standard InChI is InChI=1S/C7H16N2O/c1-9(2)7-5-3-4-6-8(9)10/h3-7H2,1-2H3/q+2. The van der Waals surface area contributed by atoms with Crippen LogP contribution < -0.4 is 0 Å². The number of nitroso groups, excluding NO2 is 1. The molecule has 1 saturated heterocycles. The first kappa shape index (κ1) is 7.66. The van der Waals surface area contributed by atoms with Crippen LogP contribution in [0.1, 0.15) is 19.3 Å². The molecule has 0 N–H and O–H groups in total. The second-order valence-corrected chi connectivity index (χ2v) is 3.48. The van der Waals surface area contributed by atoms with Gasteiger partial charge in [0.2, 0.25) is 0 Å². The Morgan fingerprint density at radius 2 is 1.90 bits per heavy atom. The van der Waals surface area contributed by atoms with Crippen molar-refractivity contribution in [1.29, 1.82) is 0 Å². The molecule has 1 aliphatic heterocycles. The normalized spacial score (nSPS) is 26.0. The third-order valence-corrected chi connectivity index (χ3v) is 2.16. The molecule has 1 heterocycles. The van der Waals surface area contributed by atoms with Gasteiger partial charge >= 0.3 is 0 Å². The highest BCUT2D eigenvalue weighted by molar-refractivity contribution is 4.40. The van der Waals surface area contributed by atoms with Crippen molar-refractivity contribution in [2.45, 2.75) is 19.3 Å². The van der Waals surface area contributed by atoms with Gasteiger partial charge in [-0.1, -0.05) is 4.59 Å². The van der Waals surface area contributed by atoms with Gasteiger partial charge in [-0.15, -0.1) is 0 Å². The molecule has 1 aliphatic rings. The maximum Gasteiger partial charge on any atom is 0.254 e. The maximum atomic E-state index is 11.2. The summed E-state index contributed by atoms with van der Waals surface area (Å²) >= 11 is 0. The van der Waals surface area contributed by atoms with Gasteiger partial charge in [-0.3, -0.25) is 0 Å². The fourth-order valence-electron chi connectivity index (χ4n) is 1.30. The summed E-state index contributed by atoms with van der Waals surface area (Å²) in [5.74, 6) is 0. The van der Waals surface area contributed by atoms with E-state index in [-0.39, 0.29) is 0 Å². The van der Waals surface area contributed by atoms with Crippen molar-refractivity contribution in [2.24, 2.45) is 0 Å². The first-order chi connectivity index (χ1) is 4.63. The summed E-state index contributed by atoms with van der Waals surface area (Å²) in [6.45, 7) is 1.69. The van der Waals surface area contributed by atoms with Gasteiger partial charge in [-0.25, -0.2) is 0 Å². The summed E-state index contributed by atoms with van der Waals surface area (Å²) in [7, 11) is 3.94. The molecule has 10 heavy (non-hydrogen) atoms. The van der Waals surface area contributed by atoms with Crippen molar-refractivity contribution >= 4 is 0 Å². The Balaban J connectivity index is 2.61. The zero-order chi connectivity index (χ0) is 7.61. The summed E-state index contributed by atoms with van der Waals surface area (Å²) in [6.07, 6.45) is 3.46. The summed E-state index contributed by atoms with van der Waals surface area (Å²) in [4.78, 5) is 12.4. The molecule has 0 atom stereocenters. The zero-order valence-corrected chi connectivity index (χ0v) is 6.84. The van der Waals surface area contributed by atoms with Crippen LogP contribution in [0.2, 0.25) is 0 Å². The van der Waals surface area contributed by atoms with Crippen LogP contribution in [0.3, 0.4) is 0 Å². The number of quaternary nitrogens is 1. The average molecular weight is 144 g/mol. The molecule has 3 nitrogen and oxygen atoms in total. The summed E-state index contributed by atoms with van der Waals surface area (Å²) in [5.41, 5.74) is 0. The molecule has 0 unspecified atom stereocenters. The van der Waals surface area contributed by atoms with Crippen LogP contribution in [0.4, 0.5) is 0 Å². The smallest absolute Gasteiger partial charge is 0.0649 e. The molecule has 0 aliphatic carbocycles. The minimum atomic E-state index is 0.514. The van der Waals surface area contributed by atoms with Crippen molar-refractivity contribution in [3.8, 4) is 0 Å². The Morgan fingerprint density at radius 3 is 2.60 bits per heavy atom. The minimum Gasteiger partial charge on any atom is -0.0649 e. The summed E-state index contributed by atoms with van der Waals surface area (Å²) < 4.78 is 0.514. The lowest BCUT2D eigenvalue weighted by molar-refractivity contribution is -1.32. The molecule has 58 valence electrons. The molecule has 0 spiro atoms. The molecule has 1 fully saturated rings. The maximum absolute atomic E-state index is 11.2. The molecule has 0 aromatic carbocycles. The molecule has 0 amide bonds. The zero-order valence-electron chi connectivity index (χ0n) is 6.84. The van der Waals surface area contributed by atoms with E-state index in [0.717, 1.165) is 13.0 Å². The minimum absolute atomic E-state index is 0.514. The van der Waals surface area contributed by atoms with Crippen LogP contribution in [-0.2, 0) is 0 Å². The predicted octanol–water partition coefficient (Wildman–Crippen LogP) is 0.941. The quantitative estimate of drug-likeness (QED) is 0.366. The number of rotatable bonds is 0. The molecule has 0 aromatic heterocycles. The van der Waals surface area contributed by atoms with Crippen LogP contribution >= 0.6 is 0 Å². The molecular formula is C7H16N2O+2.